The second kappa shape index (κ2) is 14.1. The third kappa shape index (κ3) is 7.01. The third-order valence-corrected chi connectivity index (χ3v) is 8.02. The molecule has 0 aliphatic rings. The number of rotatable bonds is 12. The molecule has 8 nitrogen and oxygen atoms in total. The Morgan fingerprint density at radius 2 is 1.52 bits per heavy atom. The molecule has 2 N–H and O–H groups in total. The van der Waals surface area contributed by atoms with Crippen molar-refractivity contribution < 1.29 is 23.6 Å². The number of amides is 2. The quantitative estimate of drug-likeness (QED) is 0.149. The van der Waals surface area contributed by atoms with Gasteiger partial charge in [-0.3, -0.25) is 9.59 Å². The first kappa shape index (κ1) is 30.6. The molecule has 226 valence electrons. The summed E-state index contributed by atoms with van der Waals surface area (Å²) in [6.45, 7) is 8.86. The first-order valence-corrected chi connectivity index (χ1v) is 15.4. The van der Waals surface area contributed by atoms with Gasteiger partial charge >= 0.3 is 0 Å². The highest BCUT2D eigenvalue weighted by molar-refractivity contribution is 7.12. The molecule has 0 radical (unpaired) electrons. The van der Waals surface area contributed by atoms with E-state index >= 15 is 0 Å². The van der Waals surface area contributed by atoms with E-state index in [1.54, 1.807) is 0 Å². The van der Waals surface area contributed by atoms with E-state index in [1.807, 2.05) is 98.1 Å². The fourth-order valence-electron chi connectivity index (χ4n) is 4.69. The van der Waals surface area contributed by atoms with Crippen molar-refractivity contribution in [1.82, 2.24) is 10.5 Å². The highest BCUT2D eigenvalue weighted by Crippen LogP contribution is 2.43. The van der Waals surface area contributed by atoms with Gasteiger partial charge in [-0.05, 0) is 59.5 Å². The van der Waals surface area contributed by atoms with E-state index in [0.29, 0.717) is 35.1 Å². The molecule has 0 atom stereocenters. The number of hydrogen-bond donors (Lipinski definition) is 2. The number of carbonyl (C=O) groups excluding carboxylic acids is 2. The summed E-state index contributed by atoms with van der Waals surface area (Å²) in [4.78, 5) is 27.0. The summed E-state index contributed by atoms with van der Waals surface area (Å²) in [5, 5.41) is 11.6. The number of nitrogens with one attached hydrogen (secondary N) is 2. The summed E-state index contributed by atoms with van der Waals surface area (Å²) in [6.07, 6.45) is 0. The van der Waals surface area contributed by atoms with Crippen LogP contribution >= 0.6 is 11.3 Å². The molecule has 0 bridgehead atoms. The van der Waals surface area contributed by atoms with Gasteiger partial charge in [0.25, 0.3) is 11.8 Å². The molecule has 2 amide bonds. The second-order valence-corrected chi connectivity index (χ2v) is 11.5. The summed E-state index contributed by atoms with van der Waals surface area (Å²) < 4.78 is 18.6. The highest BCUT2D eigenvalue weighted by atomic mass is 32.1. The molecule has 3 aromatic carbocycles. The lowest BCUT2D eigenvalue weighted by atomic mass is 9.97. The number of aromatic nitrogens is 1. The Labute approximate surface area is 261 Å². The molecule has 2 aromatic heterocycles. The smallest absolute Gasteiger partial charge is 0.275 e. The average molecular weight is 610 g/mol. The van der Waals surface area contributed by atoms with Gasteiger partial charge in [0, 0.05) is 12.6 Å². The van der Waals surface area contributed by atoms with Gasteiger partial charge in [-0.25, -0.2) is 0 Å². The molecule has 5 aromatic rings. The predicted molar refractivity (Wildman–Crippen MR) is 173 cm³/mol. The molecule has 44 heavy (non-hydrogen) atoms. The number of anilines is 1. The van der Waals surface area contributed by atoms with Crippen LogP contribution in [0.5, 0.6) is 11.5 Å². The number of thiophene rings is 1. The maximum absolute atomic E-state index is 13.4. The summed E-state index contributed by atoms with van der Waals surface area (Å²) in [5.41, 5.74) is 4.44. The number of benzene rings is 3. The van der Waals surface area contributed by atoms with E-state index in [2.05, 4.69) is 29.6 Å². The second-order valence-electron chi connectivity index (χ2n) is 10.6. The maximum Gasteiger partial charge on any atom is 0.275 e. The topological polar surface area (TPSA) is 103 Å². The van der Waals surface area contributed by atoms with Crippen LogP contribution in [0.25, 0.3) is 11.3 Å². The van der Waals surface area contributed by atoms with Crippen LogP contribution in [-0.2, 0) is 13.2 Å². The third-order valence-electron chi connectivity index (χ3n) is 7.00. The summed E-state index contributed by atoms with van der Waals surface area (Å²) in [6, 6.07) is 25.4. The van der Waals surface area contributed by atoms with E-state index in [-0.39, 0.29) is 35.6 Å². The van der Waals surface area contributed by atoms with Crippen LogP contribution in [0.1, 0.15) is 69.1 Å². The Morgan fingerprint density at radius 1 is 0.886 bits per heavy atom. The van der Waals surface area contributed by atoms with Crippen LogP contribution in [0.3, 0.4) is 0 Å². The van der Waals surface area contributed by atoms with Crippen molar-refractivity contribution in [3.8, 4) is 22.8 Å². The summed E-state index contributed by atoms with van der Waals surface area (Å²) >= 11 is 1.32. The molecule has 5 rings (SSSR count). The Bertz CT molecular complexity index is 1730. The van der Waals surface area contributed by atoms with Gasteiger partial charge in [-0.2, -0.15) is 0 Å². The molecule has 0 saturated heterocycles. The first-order valence-electron chi connectivity index (χ1n) is 14.5. The van der Waals surface area contributed by atoms with Gasteiger partial charge in [-0.15, -0.1) is 11.3 Å². The molecule has 0 fully saturated rings. The van der Waals surface area contributed by atoms with E-state index < -0.39 is 5.91 Å². The van der Waals surface area contributed by atoms with Crippen molar-refractivity contribution in [1.29, 1.82) is 0 Å². The Hall–Kier alpha value is -4.89. The number of carbonyl (C=O) groups is 2. The number of nitrogens with zero attached hydrogens (tertiary/aromatic N) is 1. The molecule has 0 unspecified atom stereocenters. The van der Waals surface area contributed by atoms with E-state index in [4.69, 9.17) is 14.0 Å². The van der Waals surface area contributed by atoms with Crippen LogP contribution in [0.2, 0.25) is 0 Å². The van der Waals surface area contributed by atoms with Crippen LogP contribution in [-0.4, -0.2) is 23.5 Å². The zero-order valence-electron chi connectivity index (χ0n) is 25.2. The zero-order valence-corrected chi connectivity index (χ0v) is 26.0. The lowest BCUT2D eigenvalue weighted by molar-refractivity contribution is 0.0947. The van der Waals surface area contributed by atoms with Gasteiger partial charge in [0.2, 0.25) is 0 Å². The van der Waals surface area contributed by atoms with Crippen molar-refractivity contribution >= 4 is 28.8 Å². The minimum absolute atomic E-state index is 0.0195. The standard InChI is InChI=1S/C35H35N3O5S/c1-5-36-34(39)31-30(37-35(40)33-23(4)16-17-44-33)32(43-38-31)27-18-26(22(2)3)28(41-20-24-12-8-6-9-13-24)19-29(27)42-21-25-14-10-7-11-15-25/h6-19,22H,5,20-21H2,1-4H3,(H,36,39)(H,37,40). The van der Waals surface area contributed by atoms with Crippen molar-refractivity contribution in [2.75, 3.05) is 11.9 Å². The minimum Gasteiger partial charge on any atom is -0.488 e. The monoisotopic (exact) mass is 609 g/mol. The van der Waals surface area contributed by atoms with Gasteiger partial charge in [0.15, 0.2) is 11.5 Å². The van der Waals surface area contributed by atoms with Crippen molar-refractivity contribution in [2.45, 2.75) is 46.8 Å². The fraction of sp³-hybridized carbons (Fsp3) is 0.229. The Morgan fingerprint density at radius 3 is 2.09 bits per heavy atom. The summed E-state index contributed by atoms with van der Waals surface area (Å²) in [5.74, 6) is 0.598. The van der Waals surface area contributed by atoms with Crippen molar-refractivity contribution in [2.24, 2.45) is 0 Å². The number of hydrogen-bond acceptors (Lipinski definition) is 7. The van der Waals surface area contributed by atoms with Gasteiger partial charge < -0.3 is 24.6 Å². The highest BCUT2D eigenvalue weighted by Gasteiger charge is 2.29. The van der Waals surface area contributed by atoms with Crippen LogP contribution < -0.4 is 20.1 Å². The SMILES string of the molecule is CCNC(=O)c1noc(-c2cc(C(C)C)c(OCc3ccccc3)cc2OCc2ccccc2)c1NC(=O)c1sccc1C. The lowest BCUT2D eigenvalue weighted by Gasteiger charge is -2.19. The normalized spacial score (nSPS) is 10.9. The Balaban J connectivity index is 1.62. The zero-order chi connectivity index (χ0) is 31.1. The molecule has 9 heteroatoms. The lowest BCUT2D eigenvalue weighted by Crippen LogP contribution is -2.25. The van der Waals surface area contributed by atoms with E-state index in [1.165, 1.54) is 11.3 Å². The van der Waals surface area contributed by atoms with Gasteiger partial charge in [0.05, 0.1) is 10.4 Å². The average Bonchev–Trinajstić information content (AvgIpc) is 3.66. The van der Waals surface area contributed by atoms with Crippen molar-refractivity contribution in [3.05, 3.63) is 117 Å². The summed E-state index contributed by atoms with van der Waals surface area (Å²) in [7, 11) is 0. The molecule has 0 saturated carbocycles. The van der Waals surface area contributed by atoms with Crippen LogP contribution in [0, 0.1) is 6.92 Å². The minimum atomic E-state index is -0.459. The van der Waals surface area contributed by atoms with Gasteiger partial charge in [-0.1, -0.05) is 79.7 Å². The Kier molecular flexibility index (Phi) is 9.76. The van der Waals surface area contributed by atoms with Gasteiger partial charge in [0.1, 0.15) is 30.4 Å². The molecular weight excluding hydrogens is 574 g/mol. The number of aryl methyl sites for hydroxylation is 1. The van der Waals surface area contributed by atoms with Crippen LogP contribution in [0.4, 0.5) is 5.69 Å². The molecule has 0 aliphatic heterocycles. The van der Waals surface area contributed by atoms with Crippen molar-refractivity contribution in [3.63, 3.8) is 0 Å². The fourth-order valence-corrected chi connectivity index (χ4v) is 5.51. The molecule has 0 aliphatic carbocycles. The largest absolute Gasteiger partial charge is 0.488 e. The predicted octanol–water partition coefficient (Wildman–Crippen LogP) is 7.99. The first-order chi connectivity index (χ1) is 21.4. The molecule has 2 heterocycles. The number of ether oxygens (including phenoxy) is 2. The van der Waals surface area contributed by atoms with Crippen LogP contribution in [0.15, 0.2) is 88.8 Å². The maximum atomic E-state index is 13.4. The van der Waals surface area contributed by atoms with E-state index in [9.17, 15) is 9.59 Å². The molecular formula is C35H35N3O5S. The molecule has 0 spiro atoms. The van der Waals surface area contributed by atoms with E-state index in [0.717, 1.165) is 22.3 Å².